The minimum Gasteiger partial charge on any atom is -0.490 e. The predicted octanol–water partition coefficient (Wildman–Crippen LogP) is 2.31. The van der Waals surface area contributed by atoms with E-state index in [2.05, 4.69) is 11.9 Å². The molecule has 2 rings (SSSR count). The van der Waals surface area contributed by atoms with E-state index in [0.717, 1.165) is 0 Å². The van der Waals surface area contributed by atoms with E-state index in [1.165, 1.54) is 6.26 Å². The monoisotopic (exact) mass is 287 g/mol. The predicted molar refractivity (Wildman–Crippen MR) is 78.1 cm³/mol. The molecule has 2 N–H and O–H groups in total. The molecule has 0 aliphatic rings. The third kappa shape index (κ3) is 4.22. The molecule has 1 atom stereocenters. The maximum atomic E-state index is 11.9. The lowest BCUT2D eigenvalue weighted by molar-refractivity contribution is 0.0901. The average Bonchev–Trinajstić information content (AvgIpc) is 3.05. The highest BCUT2D eigenvalue weighted by Crippen LogP contribution is 2.14. The van der Waals surface area contributed by atoms with Gasteiger partial charge in [-0.05, 0) is 36.4 Å². The maximum Gasteiger partial charge on any atom is 0.251 e. The van der Waals surface area contributed by atoms with E-state index in [0.29, 0.717) is 23.7 Å². The van der Waals surface area contributed by atoms with Gasteiger partial charge in [-0.25, -0.2) is 0 Å². The molecular formula is C16H17NO4. The van der Waals surface area contributed by atoms with Crippen LogP contribution in [0.5, 0.6) is 5.75 Å². The highest BCUT2D eigenvalue weighted by atomic mass is 16.5. The van der Waals surface area contributed by atoms with Crippen molar-refractivity contribution >= 4 is 5.91 Å². The van der Waals surface area contributed by atoms with Crippen LogP contribution in [0.2, 0.25) is 0 Å². The summed E-state index contributed by atoms with van der Waals surface area (Å²) in [5.74, 6) is 0.821. The number of furan rings is 1. The number of amides is 1. The second-order valence-corrected chi connectivity index (χ2v) is 4.37. The summed E-state index contributed by atoms with van der Waals surface area (Å²) in [5.41, 5.74) is 0.493. The lowest BCUT2D eigenvalue weighted by Gasteiger charge is -2.10. The average molecular weight is 287 g/mol. The SMILES string of the molecule is C=CCOc1ccc(C(=O)NCC(O)c2ccco2)cc1. The van der Waals surface area contributed by atoms with Crippen LogP contribution >= 0.6 is 0 Å². The number of carbonyl (C=O) groups is 1. The number of aliphatic hydroxyl groups excluding tert-OH is 1. The summed E-state index contributed by atoms with van der Waals surface area (Å²) < 4.78 is 10.4. The first kappa shape index (κ1) is 14.9. The van der Waals surface area contributed by atoms with Crippen molar-refractivity contribution in [3.05, 3.63) is 66.6 Å². The molecule has 0 aliphatic carbocycles. The topological polar surface area (TPSA) is 71.7 Å². The van der Waals surface area contributed by atoms with E-state index >= 15 is 0 Å². The normalized spacial score (nSPS) is 11.7. The van der Waals surface area contributed by atoms with E-state index in [1.807, 2.05) is 0 Å². The van der Waals surface area contributed by atoms with Gasteiger partial charge in [-0.3, -0.25) is 4.79 Å². The molecule has 110 valence electrons. The van der Waals surface area contributed by atoms with Crippen molar-refractivity contribution in [3.63, 3.8) is 0 Å². The quantitative estimate of drug-likeness (QED) is 0.767. The van der Waals surface area contributed by atoms with Crippen LogP contribution in [0, 0.1) is 0 Å². The van der Waals surface area contributed by atoms with Crippen molar-refractivity contribution < 1.29 is 19.1 Å². The molecule has 5 nitrogen and oxygen atoms in total. The van der Waals surface area contributed by atoms with Crippen LogP contribution < -0.4 is 10.1 Å². The Hall–Kier alpha value is -2.53. The van der Waals surface area contributed by atoms with Gasteiger partial charge in [0.05, 0.1) is 12.8 Å². The van der Waals surface area contributed by atoms with Gasteiger partial charge in [-0.2, -0.15) is 0 Å². The van der Waals surface area contributed by atoms with E-state index in [-0.39, 0.29) is 12.5 Å². The van der Waals surface area contributed by atoms with Crippen molar-refractivity contribution in [2.45, 2.75) is 6.10 Å². The summed E-state index contributed by atoms with van der Waals surface area (Å²) in [6, 6.07) is 10.1. The van der Waals surface area contributed by atoms with Crippen molar-refractivity contribution in [2.24, 2.45) is 0 Å². The van der Waals surface area contributed by atoms with Crippen LogP contribution in [0.25, 0.3) is 0 Å². The summed E-state index contributed by atoms with van der Waals surface area (Å²) >= 11 is 0. The first-order valence-corrected chi connectivity index (χ1v) is 6.54. The van der Waals surface area contributed by atoms with Crippen molar-refractivity contribution in [1.29, 1.82) is 0 Å². The first-order valence-electron chi connectivity index (χ1n) is 6.54. The van der Waals surface area contributed by atoms with Crippen LogP contribution in [0.15, 0.2) is 59.7 Å². The van der Waals surface area contributed by atoms with Gasteiger partial charge in [0, 0.05) is 5.56 Å². The molecule has 1 amide bonds. The third-order valence-electron chi connectivity index (χ3n) is 2.81. The molecule has 0 spiro atoms. The zero-order valence-corrected chi connectivity index (χ0v) is 11.5. The Balaban J connectivity index is 1.86. The fourth-order valence-electron chi connectivity index (χ4n) is 1.73. The van der Waals surface area contributed by atoms with Gasteiger partial charge in [-0.15, -0.1) is 0 Å². The third-order valence-corrected chi connectivity index (χ3v) is 2.81. The molecule has 1 aromatic carbocycles. The van der Waals surface area contributed by atoms with Gasteiger partial charge in [0.1, 0.15) is 24.2 Å². The molecule has 1 unspecified atom stereocenters. The van der Waals surface area contributed by atoms with Crippen LogP contribution in [0.3, 0.4) is 0 Å². The molecule has 0 fully saturated rings. The number of rotatable bonds is 7. The largest absolute Gasteiger partial charge is 0.490 e. The van der Waals surface area contributed by atoms with E-state index in [4.69, 9.17) is 9.15 Å². The van der Waals surface area contributed by atoms with Gasteiger partial charge >= 0.3 is 0 Å². The fourth-order valence-corrected chi connectivity index (χ4v) is 1.73. The lowest BCUT2D eigenvalue weighted by Crippen LogP contribution is -2.28. The molecule has 21 heavy (non-hydrogen) atoms. The van der Waals surface area contributed by atoms with Crippen molar-refractivity contribution in [2.75, 3.05) is 13.2 Å². The summed E-state index contributed by atoms with van der Waals surface area (Å²) in [4.78, 5) is 11.9. The van der Waals surface area contributed by atoms with E-state index < -0.39 is 6.10 Å². The second-order valence-electron chi connectivity index (χ2n) is 4.37. The van der Waals surface area contributed by atoms with Gasteiger partial charge < -0.3 is 19.6 Å². The van der Waals surface area contributed by atoms with E-state index in [1.54, 1.807) is 42.5 Å². The molecule has 2 aromatic rings. The molecule has 1 aromatic heterocycles. The summed E-state index contributed by atoms with van der Waals surface area (Å²) in [6.07, 6.45) is 2.26. The number of ether oxygens (including phenoxy) is 1. The molecule has 5 heteroatoms. The van der Waals surface area contributed by atoms with Gasteiger partial charge in [0.15, 0.2) is 0 Å². The summed E-state index contributed by atoms with van der Waals surface area (Å²) in [5, 5.41) is 12.5. The van der Waals surface area contributed by atoms with Gasteiger partial charge in [-0.1, -0.05) is 12.7 Å². The molecular weight excluding hydrogens is 270 g/mol. The Bertz CT molecular complexity index is 575. The Morgan fingerprint density at radius 1 is 1.38 bits per heavy atom. The molecule has 0 aliphatic heterocycles. The maximum absolute atomic E-state index is 11.9. The van der Waals surface area contributed by atoms with Gasteiger partial charge in [0.25, 0.3) is 5.91 Å². The number of aliphatic hydroxyl groups is 1. The minimum absolute atomic E-state index is 0.0844. The number of benzene rings is 1. The molecule has 1 heterocycles. The van der Waals surface area contributed by atoms with Crippen LogP contribution in [-0.4, -0.2) is 24.2 Å². The number of carbonyl (C=O) groups excluding carboxylic acids is 1. The lowest BCUT2D eigenvalue weighted by atomic mass is 10.2. The Morgan fingerprint density at radius 2 is 2.14 bits per heavy atom. The smallest absolute Gasteiger partial charge is 0.251 e. The molecule has 0 bridgehead atoms. The Morgan fingerprint density at radius 3 is 2.76 bits per heavy atom. The van der Waals surface area contributed by atoms with Gasteiger partial charge in [0.2, 0.25) is 0 Å². The summed E-state index contributed by atoms with van der Waals surface area (Å²) in [7, 11) is 0. The fraction of sp³-hybridized carbons (Fsp3) is 0.188. The standard InChI is InChI=1S/C16H17NO4/c1-2-9-20-13-7-5-12(6-8-13)16(19)17-11-14(18)15-4-3-10-21-15/h2-8,10,14,18H,1,9,11H2,(H,17,19). The Kier molecular flexibility index (Phi) is 5.17. The number of nitrogens with one attached hydrogen (secondary N) is 1. The summed E-state index contributed by atoms with van der Waals surface area (Å²) in [6.45, 7) is 4.06. The highest BCUT2D eigenvalue weighted by molar-refractivity contribution is 5.94. The van der Waals surface area contributed by atoms with Crippen LogP contribution in [0.1, 0.15) is 22.2 Å². The van der Waals surface area contributed by atoms with E-state index in [9.17, 15) is 9.90 Å². The molecule has 0 radical (unpaired) electrons. The van der Waals surface area contributed by atoms with Crippen molar-refractivity contribution in [1.82, 2.24) is 5.32 Å². The molecule has 0 saturated carbocycles. The first-order chi connectivity index (χ1) is 10.2. The van der Waals surface area contributed by atoms with Crippen LogP contribution in [0.4, 0.5) is 0 Å². The van der Waals surface area contributed by atoms with Crippen molar-refractivity contribution in [3.8, 4) is 5.75 Å². The zero-order valence-electron chi connectivity index (χ0n) is 11.5. The van der Waals surface area contributed by atoms with Crippen LogP contribution in [-0.2, 0) is 0 Å². The minimum atomic E-state index is -0.862. The number of hydrogen-bond donors (Lipinski definition) is 2. The molecule has 0 saturated heterocycles. The second kappa shape index (κ2) is 7.31. The highest BCUT2D eigenvalue weighted by Gasteiger charge is 2.12. The Labute approximate surface area is 122 Å². The number of hydrogen-bond acceptors (Lipinski definition) is 4. The zero-order chi connectivity index (χ0) is 15.1.